The number of benzene rings is 1. The summed E-state index contributed by atoms with van der Waals surface area (Å²) < 4.78 is 4.69. The zero-order valence-electron chi connectivity index (χ0n) is 16.7. The maximum Gasteiger partial charge on any atom is 0.337 e. The van der Waals surface area contributed by atoms with Gasteiger partial charge in [0.1, 0.15) is 5.54 Å². The molecule has 0 radical (unpaired) electrons. The third kappa shape index (κ3) is 5.53. The number of nitrogens with one attached hydrogen (secondary N) is 2. The Balaban J connectivity index is 3.21. The highest BCUT2D eigenvalue weighted by atomic mass is 16.5. The molecule has 0 fully saturated rings. The average Bonchev–Trinajstić information content (AvgIpc) is 2.65. The molecule has 7 heteroatoms. The molecule has 1 aromatic carbocycles. The topological polar surface area (TPSA) is 105 Å². The molecular weight excluding hydrogens is 348 g/mol. The lowest BCUT2D eigenvalue weighted by molar-refractivity contribution is -0.156. The summed E-state index contributed by atoms with van der Waals surface area (Å²) in [5, 5.41) is 16.2. The minimum Gasteiger partial charge on any atom is -0.467 e. The molecule has 2 atom stereocenters. The second-order valence-electron chi connectivity index (χ2n) is 7.19. The average molecular weight is 378 g/mol. The first-order chi connectivity index (χ1) is 12.6. The minimum absolute atomic E-state index is 0.110. The number of carbonyl (C=O) groups is 3. The third-order valence-electron chi connectivity index (χ3n) is 4.88. The van der Waals surface area contributed by atoms with Gasteiger partial charge >= 0.3 is 5.97 Å². The normalized spacial score (nSPS) is 14.6. The van der Waals surface area contributed by atoms with E-state index in [0.717, 1.165) is 0 Å². The second kappa shape index (κ2) is 9.50. The summed E-state index contributed by atoms with van der Waals surface area (Å²) in [5.41, 5.74) is -1.42. The van der Waals surface area contributed by atoms with Crippen molar-refractivity contribution in [2.75, 3.05) is 13.7 Å². The molecule has 0 unspecified atom stereocenters. The van der Waals surface area contributed by atoms with Crippen LogP contribution in [-0.2, 0) is 24.7 Å². The van der Waals surface area contributed by atoms with Crippen LogP contribution in [0.15, 0.2) is 30.3 Å². The van der Waals surface area contributed by atoms with E-state index >= 15 is 0 Å². The fourth-order valence-electron chi connectivity index (χ4n) is 2.78. The lowest BCUT2D eigenvalue weighted by atomic mass is 9.80. The molecule has 0 bridgehead atoms. The van der Waals surface area contributed by atoms with Gasteiger partial charge in [0.05, 0.1) is 7.11 Å². The molecule has 1 aromatic rings. The molecule has 7 nitrogen and oxygen atoms in total. The fourth-order valence-corrected chi connectivity index (χ4v) is 2.78. The molecule has 2 amide bonds. The van der Waals surface area contributed by atoms with Crippen molar-refractivity contribution in [3.8, 4) is 0 Å². The van der Waals surface area contributed by atoms with Crippen molar-refractivity contribution in [2.24, 2.45) is 5.41 Å². The van der Waals surface area contributed by atoms with Crippen LogP contribution in [0.4, 0.5) is 0 Å². The Hall–Kier alpha value is -2.41. The van der Waals surface area contributed by atoms with Crippen molar-refractivity contribution in [1.82, 2.24) is 10.6 Å². The van der Waals surface area contributed by atoms with Crippen LogP contribution in [0.1, 0.15) is 46.1 Å². The number of aliphatic hydroxyl groups is 1. The Kier molecular flexibility index (Phi) is 7.97. The maximum absolute atomic E-state index is 12.3. The van der Waals surface area contributed by atoms with Crippen molar-refractivity contribution in [3.05, 3.63) is 35.9 Å². The van der Waals surface area contributed by atoms with Gasteiger partial charge in [-0.05, 0) is 18.4 Å². The van der Waals surface area contributed by atoms with Crippen molar-refractivity contribution >= 4 is 17.8 Å². The van der Waals surface area contributed by atoms with E-state index in [1.807, 2.05) is 20.8 Å². The van der Waals surface area contributed by atoms with Crippen LogP contribution in [0.3, 0.4) is 0 Å². The highest BCUT2D eigenvalue weighted by Crippen LogP contribution is 2.30. The van der Waals surface area contributed by atoms with Gasteiger partial charge in [-0.1, -0.05) is 51.1 Å². The molecule has 27 heavy (non-hydrogen) atoms. The summed E-state index contributed by atoms with van der Waals surface area (Å²) in [6.45, 7) is 7.06. The lowest BCUT2D eigenvalue weighted by Crippen LogP contribution is -2.58. The van der Waals surface area contributed by atoms with Gasteiger partial charge in [-0.2, -0.15) is 0 Å². The quantitative estimate of drug-likeness (QED) is 0.565. The van der Waals surface area contributed by atoms with Crippen molar-refractivity contribution in [3.63, 3.8) is 0 Å². The van der Waals surface area contributed by atoms with Gasteiger partial charge in [0.2, 0.25) is 11.8 Å². The Morgan fingerprint density at radius 2 is 1.78 bits per heavy atom. The predicted octanol–water partition coefficient (Wildman–Crippen LogP) is 1.49. The first kappa shape index (κ1) is 22.6. The molecule has 0 aromatic heterocycles. The van der Waals surface area contributed by atoms with Crippen LogP contribution >= 0.6 is 0 Å². The zero-order valence-corrected chi connectivity index (χ0v) is 16.7. The van der Waals surface area contributed by atoms with Crippen LogP contribution < -0.4 is 10.6 Å². The van der Waals surface area contributed by atoms with Gasteiger partial charge in [0, 0.05) is 18.9 Å². The van der Waals surface area contributed by atoms with E-state index in [1.165, 1.54) is 14.0 Å². The van der Waals surface area contributed by atoms with Gasteiger partial charge < -0.3 is 20.5 Å². The SMILES string of the molecule is CCC(C)(C)C(=O)NCC[C@](NC(C)=O)(c1ccccc1)[C@H](O)C(=O)OC. The summed E-state index contributed by atoms with van der Waals surface area (Å²) in [5.74, 6) is -1.42. The van der Waals surface area contributed by atoms with Gasteiger partial charge in [-0.25, -0.2) is 4.79 Å². The Bertz CT molecular complexity index is 660. The van der Waals surface area contributed by atoms with E-state index in [1.54, 1.807) is 30.3 Å². The van der Waals surface area contributed by atoms with Crippen LogP contribution in [0.2, 0.25) is 0 Å². The highest BCUT2D eigenvalue weighted by molar-refractivity contribution is 5.82. The van der Waals surface area contributed by atoms with Crippen LogP contribution in [-0.4, -0.2) is 42.6 Å². The number of esters is 1. The largest absolute Gasteiger partial charge is 0.467 e. The number of rotatable bonds is 9. The number of amides is 2. The van der Waals surface area contributed by atoms with Crippen molar-refractivity contribution in [1.29, 1.82) is 0 Å². The standard InChI is InChI=1S/C20H30N2O5/c1-6-19(3,4)18(26)21-13-12-20(22-14(2)23,16(24)17(25)27-5)15-10-8-7-9-11-15/h7-11,16,24H,6,12-13H2,1-5H3,(H,21,26)(H,22,23)/t16-,20+/m1/s1. The molecular formula is C20H30N2O5. The van der Waals surface area contributed by atoms with E-state index in [2.05, 4.69) is 10.6 Å². The molecule has 0 aliphatic heterocycles. The number of hydrogen-bond donors (Lipinski definition) is 3. The minimum atomic E-state index is -1.63. The van der Waals surface area contributed by atoms with E-state index < -0.39 is 28.9 Å². The molecule has 150 valence electrons. The number of ether oxygens (including phenoxy) is 1. The smallest absolute Gasteiger partial charge is 0.337 e. The Morgan fingerprint density at radius 3 is 2.26 bits per heavy atom. The first-order valence-electron chi connectivity index (χ1n) is 8.99. The van der Waals surface area contributed by atoms with Crippen molar-refractivity contribution < 1.29 is 24.2 Å². The Labute approximate surface area is 160 Å². The molecule has 0 saturated carbocycles. The van der Waals surface area contributed by atoms with E-state index in [9.17, 15) is 19.5 Å². The second-order valence-corrected chi connectivity index (χ2v) is 7.19. The highest BCUT2D eigenvalue weighted by Gasteiger charge is 2.45. The summed E-state index contributed by atoms with van der Waals surface area (Å²) in [6, 6.07) is 8.70. The predicted molar refractivity (Wildman–Crippen MR) is 102 cm³/mol. The molecule has 0 spiro atoms. The van der Waals surface area contributed by atoms with E-state index in [0.29, 0.717) is 12.0 Å². The molecule has 0 aliphatic rings. The van der Waals surface area contributed by atoms with E-state index in [4.69, 9.17) is 4.74 Å². The van der Waals surface area contributed by atoms with Crippen molar-refractivity contribution in [2.45, 2.75) is 52.2 Å². The summed E-state index contributed by atoms with van der Waals surface area (Å²) >= 11 is 0. The van der Waals surface area contributed by atoms with Gasteiger partial charge in [-0.3, -0.25) is 9.59 Å². The number of carbonyl (C=O) groups excluding carboxylic acids is 3. The molecule has 3 N–H and O–H groups in total. The summed E-state index contributed by atoms with van der Waals surface area (Å²) in [4.78, 5) is 36.3. The molecule has 0 aliphatic carbocycles. The molecule has 0 saturated heterocycles. The van der Waals surface area contributed by atoms with Gasteiger partial charge in [0.25, 0.3) is 0 Å². The number of hydrogen-bond acceptors (Lipinski definition) is 5. The lowest BCUT2D eigenvalue weighted by Gasteiger charge is -2.38. The first-order valence-corrected chi connectivity index (χ1v) is 8.99. The third-order valence-corrected chi connectivity index (χ3v) is 4.88. The fraction of sp³-hybridized carbons (Fsp3) is 0.550. The van der Waals surface area contributed by atoms with E-state index in [-0.39, 0.29) is 18.9 Å². The summed E-state index contributed by atoms with van der Waals surface area (Å²) in [7, 11) is 1.17. The monoisotopic (exact) mass is 378 g/mol. The van der Waals surface area contributed by atoms with Gasteiger partial charge in [-0.15, -0.1) is 0 Å². The number of aliphatic hydroxyl groups excluding tert-OH is 1. The van der Waals surface area contributed by atoms with Crippen LogP contribution in [0.5, 0.6) is 0 Å². The summed E-state index contributed by atoms with van der Waals surface area (Å²) in [6.07, 6.45) is -0.859. The molecule has 1 rings (SSSR count). The van der Waals surface area contributed by atoms with Gasteiger partial charge in [0.15, 0.2) is 6.10 Å². The number of methoxy groups -OCH3 is 1. The Morgan fingerprint density at radius 1 is 1.19 bits per heavy atom. The molecule has 0 heterocycles. The van der Waals surface area contributed by atoms with Crippen LogP contribution in [0.25, 0.3) is 0 Å². The zero-order chi connectivity index (χ0) is 20.7. The maximum atomic E-state index is 12.3. The van der Waals surface area contributed by atoms with Crippen LogP contribution in [0, 0.1) is 5.41 Å².